The lowest BCUT2D eigenvalue weighted by atomic mass is 10.1. The summed E-state index contributed by atoms with van der Waals surface area (Å²) in [6, 6.07) is 18.6. The molecule has 0 fully saturated rings. The Bertz CT molecular complexity index is 781. The molecule has 4 nitrogen and oxygen atoms in total. The predicted octanol–water partition coefficient (Wildman–Crippen LogP) is 4.45. The molecule has 2 N–H and O–H groups in total. The van der Waals surface area contributed by atoms with E-state index in [2.05, 4.69) is 70.8 Å². The first-order valence-electron chi connectivity index (χ1n) is 7.64. The van der Waals surface area contributed by atoms with Gasteiger partial charge < -0.3 is 10.6 Å². The molecule has 2 aromatic carbocycles. The van der Waals surface area contributed by atoms with Gasteiger partial charge in [-0.25, -0.2) is 9.97 Å². The summed E-state index contributed by atoms with van der Waals surface area (Å²) in [5.41, 5.74) is 4.72. The molecule has 3 aromatic rings. The second-order valence-corrected chi connectivity index (χ2v) is 5.62. The van der Waals surface area contributed by atoms with E-state index in [1.54, 1.807) is 6.33 Å². The van der Waals surface area contributed by atoms with Crippen molar-refractivity contribution in [2.24, 2.45) is 0 Å². The first-order chi connectivity index (χ1) is 11.2. The second-order valence-electron chi connectivity index (χ2n) is 5.62. The Kier molecular flexibility index (Phi) is 4.52. The van der Waals surface area contributed by atoms with Crippen molar-refractivity contribution in [2.75, 3.05) is 10.6 Å². The summed E-state index contributed by atoms with van der Waals surface area (Å²) >= 11 is 0. The molecule has 0 atom stereocenters. The van der Waals surface area contributed by atoms with Crippen LogP contribution in [0.5, 0.6) is 0 Å². The van der Waals surface area contributed by atoms with Gasteiger partial charge in [0.15, 0.2) is 0 Å². The molecule has 4 heteroatoms. The topological polar surface area (TPSA) is 49.8 Å². The van der Waals surface area contributed by atoms with Gasteiger partial charge in [-0.05, 0) is 37.1 Å². The van der Waals surface area contributed by atoms with Gasteiger partial charge in [-0.1, -0.05) is 42.0 Å². The Morgan fingerprint density at radius 1 is 0.826 bits per heavy atom. The number of nitrogens with zero attached hydrogens (tertiary/aromatic N) is 2. The molecule has 0 bridgehead atoms. The largest absolute Gasteiger partial charge is 0.366 e. The third-order valence-corrected chi connectivity index (χ3v) is 3.55. The van der Waals surface area contributed by atoms with Crippen molar-refractivity contribution < 1.29 is 0 Å². The standard InChI is InChI=1S/C19H20N4/c1-14-6-8-16(9-7-14)12-20-18-11-19(22-13-21-18)23-17-5-3-4-15(2)10-17/h3-11,13H,12H2,1-2H3,(H2,20,21,22,23). The molecule has 0 saturated heterocycles. The summed E-state index contributed by atoms with van der Waals surface area (Å²) in [5, 5.41) is 6.63. The van der Waals surface area contributed by atoms with Crippen LogP contribution in [0.2, 0.25) is 0 Å². The van der Waals surface area contributed by atoms with E-state index in [4.69, 9.17) is 0 Å². The van der Waals surface area contributed by atoms with E-state index in [-0.39, 0.29) is 0 Å². The Balaban J connectivity index is 1.66. The Morgan fingerprint density at radius 2 is 1.61 bits per heavy atom. The number of nitrogens with one attached hydrogen (secondary N) is 2. The highest BCUT2D eigenvalue weighted by Gasteiger charge is 2.00. The summed E-state index contributed by atoms with van der Waals surface area (Å²) in [4.78, 5) is 8.54. The molecule has 1 aromatic heterocycles. The summed E-state index contributed by atoms with van der Waals surface area (Å²) in [6.45, 7) is 4.89. The van der Waals surface area contributed by atoms with Crippen molar-refractivity contribution in [3.8, 4) is 0 Å². The van der Waals surface area contributed by atoms with E-state index < -0.39 is 0 Å². The van der Waals surface area contributed by atoms with Crippen LogP contribution in [-0.2, 0) is 6.54 Å². The molecule has 0 aliphatic carbocycles. The number of hydrogen-bond acceptors (Lipinski definition) is 4. The zero-order valence-electron chi connectivity index (χ0n) is 13.4. The third kappa shape index (κ3) is 4.30. The molecule has 0 aliphatic heterocycles. The molecule has 0 amide bonds. The van der Waals surface area contributed by atoms with Crippen LogP contribution in [-0.4, -0.2) is 9.97 Å². The summed E-state index contributed by atoms with van der Waals surface area (Å²) in [5.74, 6) is 1.58. The number of aryl methyl sites for hydroxylation is 2. The second kappa shape index (κ2) is 6.92. The Labute approximate surface area is 136 Å². The molecule has 0 spiro atoms. The molecule has 0 aliphatic rings. The molecule has 0 saturated carbocycles. The van der Waals surface area contributed by atoms with Crippen LogP contribution >= 0.6 is 0 Å². The van der Waals surface area contributed by atoms with Crippen molar-refractivity contribution in [1.29, 1.82) is 0 Å². The average molecular weight is 304 g/mol. The Morgan fingerprint density at radius 3 is 2.39 bits per heavy atom. The zero-order valence-corrected chi connectivity index (χ0v) is 13.4. The highest BCUT2D eigenvalue weighted by atomic mass is 15.1. The summed E-state index contributed by atoms with van der Waals surface area (Å²) in [6.07, 6.45) is 1.57. The maximum atomic E-state index is 4.27. The zero-order chi connectivity index (χ0) is 16.1. The normalized spacial score (nSPS) is 10.3. The SMILES string of the molecule is Cc1ccc(CNc2cc(Nc3cccc(C)c3)ncn2)cc1. The fourth-order valence-electron chi connectivity index (χ4n) is 2.29. The van der Waals surface area contributed by atoms with E-state index in [1.807, 2.05) is 18.2 Å². The minimum atomic E-state index is 0.737. The highest BCUT2D eigenvalue weighted by Crippen LogP contribution is 2.17. The fraction of sp³-hybridized carbons (Fsp3) is 0.158. The van der Waals surface area contributed by atoms with Crippen LogP contribution in [0, 0.1) is 13.8 Å². The van der Waals surface area contributed by atoms with Gasteiger partial charge in [0.25, 0.3) is 0 Å². The molecule has 116 valence electrons. The van der Waals surface area contributed by atoms with Gasteiger partial charge in [-0.15, -0.1) is 0 Å². The van der Waals surface area contributed by atoms with Crippen LogP contribution in [0.25, 0.3) is 0 Å². The van der Waals surface area contributed by atoms with E-state index >= 15 is 0 Å². The van der Waals surface area contributed by atoms with Crippen LogP contribution in [0.4, 0.5) is 17.3 Å². The van der Waals surface area contributed by atoms with Gasteiger partial charge in [0, 0.05) is 18.3 Å². The first kappa shape index (κ1) is 15.0. The number of rotatable bonds is 5. The lowest BCUT2D eigenvalue weighted by Crippen LogP contribution is -2.03. The number of aromatic nitrogens is 2. The summed E-state index contributed by atoms with van der Waals surface area (Å²) in [7, 11) is 0. The Hall–Kier alpha value is -2.88. The predicted molar refractivity (Wildman–Crippen MR) is 95.0 cm³/mol. The maximum Gasteiger partial charge on any atom is 0.135 e. The average Bonchev–Trinajstić information content (AvgIpc) is 2.55. The van der Waals surface area contributed by atoms with Crippen molar-refractivity contribution in [3.63, 3.8) is 0 Å². The van der Waals surface area contributed by atoms with Gasteiger partial charge in [-0.2, -0.15) is 0 Å². The van der Waals surface area contributed by atoms with Gasteiger partial charge in [0.2, 0.25) is 0 Å². The molecule has 0 radical (unpaired) electrons. The van der Waals surface area contributed by atoms with Crippen molar-refractivity contribution in [2.45, 2.75) is 20.4 Å². The van der Waals surface area contributed by atoms with E-state index in [0.717, 1.165) is 23.9 Å². The van der Waals surface area contributed by atoms with Crippen molar-refractivity contribution in [3.05, 3.63) is 77.6 Å². The van der Waals surface area contributed by atoms with Crippen molar-refractivity contribution in [1.82, 2.24) is 9.97 Å². The lowest BCUT2D eigenvalue weighted by molar-refractivity contribution is 1.08. The van der Waals surface area contributed by atoms with E-state index in [9.17, 15) is 0 Å². The quantitative estimate of drug-likeness (QED) is 0.731. The van der Waals surface area contributed by atoms with Gasteiger partial charge >= 0.3 is 0 Å². The molecule has 23 heavy (non-hydrogen) atoms. The number of anilines is 3. The lowest BCUT2D eigenvalue weighted by Gasteiger charge is -2.09. The third-order valence-electron chi connectivity index (χ3n) is 3.55. The highest BCUT2D eigenvalue weighted by molar-refractivity contribution is 5.59. The minimum absolute atomic E-state index is 0.737. The van der Waals surface area contributed by atoms with Crippen LogP contribution in [0.1, 0.15) is 16.7 Å². The molecule has 1 heterocycles. The molecule has 0 unspecified atom stereocenters. The van der Waals surface area contributed by atoms with Crippen molar-refractivity contribution >= 4 is 17.3 Å². The number of benzene rings is 2. The van der Waals surface area contributed by atoms with Gasteiger partial charge in [0.1, 0.15) is 18.0 Å². The first-order valence-corrected chi connectivity index (χ1v) is 7.64. The monoisotopic (exact) mass is 304 g/mol. The van der Waals surface area contributed by atoms with E-state index in [1.165, 1.54) is 16.7 Å². The van der Waals surface area contributed by atoms with Crippen LogP contribution in [0.3, 0.4) is 0 Å². The molecular formula is C19H20N4. The van der Waals surface area contributed by atoms with Crippen LogP contribution in [0.15, 0.2) is 60.9 Å². The van der Waals surface area contributed by atoms with E-state index in [0.29, 0.717) is 0 Å². The van der Waals surface area contributed by atoms with Gasteiger partial charge in [-0.3, -0.25) is 0 Å². The minimum Gasteiger partial charge on any atom is -0.366 e. The molecule has 3 rings (SSSR count). The fourth-order valence-corrected chi connectivity index (χ4v) is 2.29. The molecular weight excluding hydrogens is 284 g/mol. The smallest absolute Gasteiger partial charge is 0.135 e. The summed E-state index contributed by atoms with van der Waals surface area (Å²) < 4.78 is 0. The maximum absolute atomic E-state index is 4.27. The van der Waals surface area contributed by atoms with Crippen LogP contribution < -0.4 is 10.6 Å². The van der Waals surface area contributed by atoms with Gasteiger partial charge in [0.05, 0.1) is 0 Å². The number of hydrogen-bond donors (Lipinski definition) is 2.